The van der Waals surface area contributed by atoms with Gasteiger partial charge >= 0.3 is 0 Å². The van der Waals surface area contributed by atoms with Crippen molar-refractivity contribution in [3.63, 3.8) is 0 Å². The number of Topliss-reactive ketones (excluding diaryl/α,β-unsaturated/α-hetero) is 1. The largest absolute Gasteiger partial charge is 0.378 e. The van der Waals surface area contributed by atoms with Crippen molar-refractivity contribution in [3.05, 3.63) is 90.0 Å². The third-order valence-corrected chi connectivity index (χ3v) is 7.67. The van der Waals surface area contributed by atoms with Crippen LogP contribution < -0.4 is 15.1 Å². The average Bonchev–Trinajstić information content (AvgIpc) is 3.53. The Labute approximate surface area is 228 Å². The van der Waals surface area contributed by atoms with Crippen LogP contribution in [0.25, 0.3) is 0 Å². The Morgan fingerprint density at radius 3 is 2.18 bits per heavy atom. The molecule has 0 spiro atoms. The van der Waals surface area contributed by atoms with Gasteiger partial charge in [-0.2, -0.15) is 0 Å². The van der Waals surface area contributed by atoms with E-state index in [1.807, 2.05) is 73.6 Å². The summed E-state index contributed by atoms with van der Waals surface area (Å²) in [6.45, 7) is -0.106. The summed E-state index contributed by atoms with van der Waals surface area (Å²) in [5.41, 5.74) is 2.17. The molecule has 0 saturated heterocycles. The van der Waals surface area contributed by atoms with Gasteiger partial charge < -0.3 is 15.1 Å². The lowest BCUT2D eigenvalue weighted by atomic mass is 9.92. The Hall–Kier alpha value is -4.46. The van der Waals surface area contributed by atoms with E-state index < -0.39 is 17.2 Å². The summed E-state index contributed by atoms with van der Waals surface area (Å²) < 4.78 is 0. The van der Waals surface area contributed by atoms with Crippen LogP contribution in [-0.2, 0) is 20.9 Å². The number of fused-ring (bicyclic) bond motifs is 1. The molecule has 0 bridgehead atoms. The highest BCUT2D eigenvalue weighted by Crippen LogP contribution is 2.38. The molecule has 8 nitrogen and oxygen atoms in total. The predicted octanol–water partition coefficient (Wildman–Crippen LogP) is 4.26. The number of nitrogens with zero attached hydrogens (tertiary/aromatic N) is 3. The highest BCUT2D eigenvalue weighted by atomic mass is 16.2. The van der Waals surface area contributed by atoms with Crippen molar-refractivity contribution in [1.29, 1.82) is 0 Å². The second kappa shape index (κ2) is 10.7. The van der Waals surface area contributed by atoms with Gasteiger partial charge in [0.15, 0.2) is 0 Å². The van der Waals surface area contributed by atoms with Crippen molar-refractivity contribution >= 4 is 40.6 Å². The third-order valence-electron chi connectivity index (χ3n) is 7.67. The van der Waals surface area contributed by atoms with Crippen LogP contribution in [0.1, 0.15) is 41.6 Å². The quantitative estimate of drug-likeness (QED) is 0.445. The maximum atomic E-state index is 14.1. The lowest BCUT2D eigenvalue weighted by Crippen LogP contribution is -2.59. The number of anilines is 3. The zero-order valence-corrected chi connectivity index (χ0v) is 22.2. The molecule has 1 saturated carbocycles. The molecule has 200 valence electrons. The highest BCUT2D eigenvalue weighted by molar-refractivity contribution is 6.52. The van der Waals surface area contributed by atoms with Crippen LogP contribution in [0.15, 0.2) is 78.9 Å². The van der Waals surface area contributed by atoms with Crippen LogP contribution in [0.2, 0.25) is 0 Å². The van der Waals surface area contributed by atoms with Gasteiger partial charge in [0, 0.05) is 32.0 Å². The Balaban J connectivity index is 1.47. The Bertz CT molecular complexity index is 1400. The first-order chi connectivity index (χ1) is 18.8. The molecule has 0 unspecified atom stereocenters. The zero-order chi connectivity index (χ0) is 27.6. The van der Waals surface area contributed by atoms with Crippen molar-refractivity contribution in [2.75, 3.05) is 35.8 Å². The van der Waals surface area contributed by atoms with Gasteiger partial charge in [0.1, 0.15) is 12.1 Å². The fraction of sp³-hybridized carbons (Fsp3) is 0.290. The van der Waals surface area contributed by atoms with E-state index >= 15 is 0 Å². The number of hydrogen-bond acceptors (Lipinski definition) is 5. The standard InChI is InChI=1S/C31H32N4O4/c1-33(2)24-16-14-23(15-17-24)32-30(39)31(18-8-9-19-31)35(20-22-10-4-3-5-11-22)27(36)21-34-26-13-7-6-12-25(26)28(37)29(34)38/h3-7,10-17H,8-9,18-21H2,1-2H3,(H,32,39). The second-order valence-corrected chi connectivity index (χ2v) is 10.3. The number of carbonyl (C=O) groups is 4. The van der Waals surface area contributed by atoms with E-state index in [9.17, 15) is 19.2 Å². The highest BCUT2D eigenvalue weighted by Gasteiger charge is 2.49. The van der Waals surface area contributed by atoms with Crippen LogP contribution in [-0.4, -0.2) is 54.6 Å². The van der Waals surface area contributed by atoms with Crippen molar-refractivity contribution in [3.8, 4) is 0 Å². The van der Waals surface area contributed by atoms with Crippen LogP contribution >= 0.6 is 0 Å². The van der Waals surface area contributed by atoms with Crippen LogP contribution in [0.3, 0.4) is 0 Å². The van der Waals surface area contributed by atoms with Gasteiger partial charge in [0.25, 0.3) is 11.7 Å². The van der Waals surface area contributed by atoms with Gasteiger partial charge in [-0.15, -0.1) is 0 Å². The molecule has 5 rings (SSSR count). The van der Waals surface area contributed by atoms with E-state index in [1.54, 1.807) is 29.2 Å². The molecule has 1 N–H and O–H groups in total. The van der Waals surface area contributed by atoms with Crippen LogP contribution in [0.4, 0.5) is 17.1 Å². The van der Waals surface area contributed by atoms with E-state index in [1.165, 1.54) is 4.90 Å². The van der Waals surface area contributed by atoms with Crippen LogP contribution in [0.5, 0.6) is 0 Å². The monoisotopic (exact) mass is 524 g/mol. The summed E-state index contributed by atoms with van der Waals surface area (Å²) >= 11 is 0. The molecule has 1 aliphatic carbocycles. The van der Waals surface area contributed by atoms with E-state index in [0.717, 1.165) is 24.1 Å². The number of carbonyl (C=O) groups excluding carboxylic acids is 4. The number of ketones is 1. The molecule has 1 fully saturated rings. The third kappa shape index (κ3) is 5.02. The predicted molar refractivity (Wildman–Crippen MR) is 151 cm³/mol. The number of benzene rings is 3. The van der Waals surface area contributed by atoms with Crippen LogP contribution in [0, 0.1) is 0 Å². The molecule has 0 radical (unpaired) electrons. The van der Waals surface area contributed by atoms with E-state index in [-0.39, 0.29) is 24.9 Å². The first-order valence-corrected chi connectivity index (χ1v) is 13.2. The summed E-state index contributed by atoms with van der Waals surface area (Å²) in [5, 5.41) is 3.05. The summed E-state index contributed by atoms with van der Waals surface area (Å²) in [6, 6.07) is 23.8. The van der Waals surface area contributed by atoms with E-state index in [4.69, 9.17) is 0 Å². The fourth-order valence-corrected chi connectivity index (χ4v) is 5.54. The van der Waals surface area contributed by atoms with Crippen molar-refractivity contribution in [2.24, 2.45) is 0 Å². The van der Waals surface area contributed by atoms with Gasteiger partial charge in [0.05, 0.1) is 11.3 Å². The summed E-state index contributed by atoms with van der Waals surface area (Å²) in [6.07, 6.45) is 2.62. The van der Waals surface area contributed by atoms with Gasteiger partial charge in [-0.1, -0.05) is 55.3 Å². The number of amides is 3. The minimum atomic E-state index is -1.08. The lowest BCUT2D eigenvalue weighted by Gasteiger charge is -2.41. The number of nitrogens with one attached hydrogen (secondary N) is 1. The summed E-state index contributed by atoms with van der Waals surface area (Å²) in [7, 11) is 3.90. The molecule has 2 aliphatic rings. The minimum absolute atomic E-state index is 0.213. The Morgan fingerprint density at radius 2 is 1.51 bits per heavy atom. The van der Waals surface area contributed by atoms with Gasteiger partial charge in [0.2, 0.25) is 11.8 Å². The molecule has 3 amide bonds. The number of rotatable bonds is 8. The summed E-state index contributed by atoms with van der Waals surface area (Å²) in [5.74, 6) is -1.97. The molecule has 3 aromatic carbocycles. The van der Waals surface area contributed by atoms with E-state index in [0.29, 0.717) is 29.8 Å². The fourth-order valence-electron chi connectivity index (χ4n) is 5.54. The lowest BCUT2D eigenvalue weighted by molar-refractivity contribution is -0.145. The second-order valence-electron chi connectivity index (χ2n) is 10.3. The molecular formula is C31H32N4O4. The van der Waals surface area contributed by atoms with Gasteiger partial charge in [-0.25, -0.2) is 0 Å². The molecular weight excluding hydrogens is 492 g/mol. The van der Waals surface area contributed by atoms with Crippen molar-refractivity contribution in [2.45, 2.75) is 37.8 Å². The SMILES string of the molecule is CN(C)c1ccc(NC(=O)C2(N(Cc3ccccc3)C(=O)CN3C(=O)C(=O)c4ccccc43)CCCC2)cc1. The topological polar surface area (TPSA) is 90.0 Å². The molecule has 0 aromatic heterocycles. The zero-order valence-electron chi connectivity index (χ0n) is 22.2. The molecule has 1 aliphatic heterocycles. The van der Waals surface area contributed by atoms with Gasteiger partial charge in [-0.05, 0) is 54.8 Å². The average molecular weight is 525 g/mol. The number of para-hydroxylation sites is 1. The summed E-state index contributed by atoms with van der Waals surface area (Å²) in [4.78, 5) is 58.3. The normalized spacial score (nSPS) is 15.7. The first kappa shape index (κ1) is 26.2. The first-order valence-electron chi connectivity index (χ1n) is 13.2. The molecule has 3 aromatic rings. The van der Waals surface area contributed by atoms with E-state index in [2.05, 4.69) is 5.32 Å². The maximum absolute atomic E-state index is 14.1. The Kier molecular flexibility index (Phi) is 7.19. The maximum Gasteiger partial charge on any atom is 0.299 e. The molecule has 8 heteroatoms. The molecule has 39 heavy (non-hydrogen) atoms. The van der Waals surface area contributed by atoms with Crippen molar-refractivity contribution < 1.29 is 19.2 Å². The number of hydrogen-bond donors (Lipinski definition) is 1. The van der Waals surface area contributed by atoms with Crippen molar-refractivity contribution in [1.82, 2.24) is 4.90 Å². The smallest absolute Gasteiger partial charge is 0.299 e. The molecule has 1 heterocycles. The Morgan fingerprint density at radius 1 is 0.872 bits per heavy atom. The van der Waals surface area contributed by atoms with Gasteiger partial charge in [-0.3, -0.25) is 24.1 Å². The minimum Gasteiger partial charge on any atom is -0.378 e. The molecule has 0 atom stereocenters.